The van der Waals surface area contributed by atoms with Crippen LogP contribution in [0.3, 0.4) is 0 Å². The van der Waals surface area contributed by atoms with Gasteiger partial charge in [0.1, 0.15) is 11.8 Å². The number of hydrogen-bond donors (Lipinski definition) is 1. The van der Waals surface area contributed by atoms with Crippen molar-refractivity contribution in [1.82, 2.24) is 9.88 Å². The van der Waals surface area contributed by atoms with Crippen molar-refractivity contribution in [3.8, 4) is 22.6 Å². The zero-order valence-corrected chi connectivity index (χ0v) is 15.7. The highest BCUT2D eigenvalue weighted by molar-refractivity contribution is 7.13. The molecule has 0 fully saturated rings. The van der Waals surface area contributed by atoms with Gasteiger partial charge < -0.3 is 19.4 Å². The molecule has 7 heteroatoms. The number of methoxy groups -OCH3 is 1. The maximum absolute atomic E-state index is 9.35. The van der Waals surface area contributed by atoms with E-state index < -0.39 is 0 Å². The average molecular weight is 368 g/mol. The minimum atomic E-state index is 0.0998. The monoisotopic (exact) mass is 368 g/mol. The van der Waals surface area contributed by atoms with Crippen LogP contribution in [0, 0.1) is 11.3 Å². The van der Waals surface area contributed by atoms with Gasteiger partial charge in [0, 0.05) is 6.54 Å². The SMILES string of the molecule is COc1ccc(C(CNc2oc(-c3cccs3)nc2C#N)N(C)C)cc1. The summed E-state index contributed by atoms with van der Waals surface area (Å²) in [5, 5.41) is 14.5. The Bertz CT molecular complexity index is 879. The third-order valence-electron chi connectivity index (χ3n) is 4.04. The summed E-state index contributed by atoms with van der Waals surface area (Å²) in [6.07, 6.45) is 0. The van der Waals surface area contributed by atoms with Crippen LogP contribution in [-0.4, -0.2) is 37.6 Å². The number of ether oxygens (including phenoxy) is 1. The second-order valence-corrected chi connectivity index (χ2v) is 6.87. The number of benzene rings is 1. The quantitative estimate of drug-likeness (QED) is 0.679. The lowest BCUT2D eigenvalue weighted by Crippen LogP contribution is -2.26. The highest BCUT2D eigenvalue weighted by atomic mass is 32.1. The molecule has 3 rings (SSSR count). The molecule has 1 atom stereocenters. The van der Waals surface area contributed by atoms with Crippen molar-refractivity contribution in [2.75, 3.05) is 33.1 Å². The Morgan fingerprint density at radius 2 is 2.08 bits per heavy atom. The third-order valence-corrected chi connectivity index (χ3v) is 4.90. The molecule has 0 bridgehead atoms. The molecule has 6 nitrogen and oxygen atoms in total. The number of rotatable bonds is 7. The number of hydrogen-bond acceptors (Lipinski definition) is 7. The molecular weight excluding hydrogens is 348 g/mol. The molecule has 2 heterocycles. The first kappa shape index (κ1) is 18.0. The molecule has 3 aromatic rings. The van der Waals surface area contributed by atoms with E-state index in [4.69, 9.17) is 9.15 Å². The number of nitrogens with zero attached hydrogens (tertiary/aromatic N) is 3. The smallest absolute Gasteiger partial charge is 0.240 e. The summed E-state index contributed by atoms with van der Waals surface area (Å²) >= 11 is 1.52. The molecule has 26 heavy (non-hydrogen) atoms. The molecule has 0 amide bonds. The summed E-state index contributed by atoms with van der Waals surface area (Å²) in [5.41, 5.74) is 1.40. The van der Waals surface area contributed by atoms with Gasteiger partial charge in [-0.3, -0.25) is 0 Å². The number of likely N-dealkylation sites (N-methyl/N-ethyl adjacent to an activating group) is 1. The number of oxazole rings is 1. The molecule has 1 aromatic carbocycles. The Labute approximate surface area is 156 Å². The van der Waals surface area contributed by atoms with E-state index in [0.29, 0.717) is 18.3 Å². The molecule has 134 valence electrons. The number of thiophene rings is 1. The second kappa shape index (κ2) is 8.04. The minimum absolute atomic E-state index is 0.0998. The predicted octanol–water partition coefficient (Wildman–Crippen LogP) is 4.00. The van der Waals surface area contributed by atoms with Gasteiger partial charge in [-0.1, -0.05) is 18.2 Å². The Kier molecular flexibility index (Phi) is 5.56. The largest absolute Gasteiger partial charge is 0.497 e. The van der Waals surface area contributed by atoms with Crippen LogP contribution in [-0.2, 0) is 0 Å². The molecule has 0 radical (unpaired) electrons. The summed E-state index contributed by atoms with van der Waals surface area (Å²) < 4.78 is 11.0. The molecule has 0 aliphatic rings. The van der Waals surface area contributed by atoms with Gasteiger partial charge in [-0.25, -0.2) is 0 Å². The van der Waals surface area contributed by atoms with Gasteiger partial charge in [-0.05, 0) is 43.2 Å². The van der Waals surface area contributed by atoms with Crippen LogP contribution >= 0.6 is 11.3 Å². The molecule has 1 N–H and O–H groups in total. The van der Waals surface area contributed by atoms with Crippen molar-refractivity contribution in [2.24, 2.45) is 0 Å². The van der Waals surface area contributed by atoms with Crippen LogP contribution in [0.25, 0.3) is 10.8 Å². The first-order valence-electron chi connectivity index (χ1n) is 8.11. The number of nitriles is 1. The van der Waals surface area contributed by atoms with E-state index in [1.807, 2.05) is 55.9 Å². The molecule has 0 saturated heterocycles. The first-order chi connectivity index (χ1) is 12.6. The van der Waals surface area contributed by atoms with Crippen LogP contribution in [0.4, 0.5) is 5.88 Å². The van der Waals surface area contributed by atoms with Crippen molar-refractivity contribution in [3.05, 3.63) is 53.0 Å². The van der Waals surface area contributed by atoms with Crippen molar-refractivity contribution < 1.29 is 9.15 Å². The Balaban J connectivity index is 1.78. The van der Waals surface area contributed by atoms with E-state index in [9.17, 15) is 5.26 Å². The van der Waals surface area contributed by atoms with E-state index in [-0.39, 0.29) is 11.7 Å². The topological polar surface area (TPSA) is 74.3 Å². The number of anilines is 1. The lowest BCUT2D eigenvalue weighted by atomic mass is 10.1. The van der Waals surface area contributed by atoms with Crippen molar-refractivity contribution >= 4 is 17.2 Å². The molecule has 2 aromatic heterocycles. The molecule has 0 saturated carbocycles. The number of nitrogens with one attached hydrogen (secondary N) is 1. The van der Waals surface area contributed by atoms with Gasteiger partial charge in [0.2, 0.25) is 17.5 Å². The maximum atomic E-state index is 9.35. The van der Waals surface area contributed by atoms with Crippen LogP contribution in [0.5, 0.6) is 5.75 Å². The minimum Gasteiger partial charge on any atom is -0.497 e. The highest BCUT2D eigenvalue weighted by Gasteiger charge is 2.19. The lowest BCUT2D eigenvalue weighted by Gasteiger charge is -2.25. The van der Waals surface area contributed by atoms with Gasteiger partial charge in [0.15, 0.2) is 0 Å². The fraction of sp³-hybridized carbons (Fsp3) is 0.263. The van der Waals surface area contributed by atoms with Crippen LogP contribution < -0.4 is 10.1 Å². The molecule has 1 unspecified atom stereocenters. The van der Waals surface area contributed by atoms with Gasteiger partial charge in [-0.2, -0.15) is 10.2 Å². The highest BCUT2D eigenvalue weighted by Crippen LogP contribution is 2.29. The Hall–Kier alpha value is -2.82. The summed E-state index contributed by atoms with van der Waals surface area (Å²) in [6, 6.07) is 14.0. The zero-order chi connectivity index (χ0) is 18.5. The number of aromatic nitrogens is 1. The Morgan fingerprint density at radius 1 is 1.31 bits per heavy atom. The zero-order valence-electron chi connectivity index (χ0n) is 14.9. The van der Waals surface area contributed by atoms with Gasteiger partial charge in [0.05, 0.1) is 18.0 Å². The van der Waals surface area contributed by atoms with Crippen LogP contribution in [0.1, 0.15) is 17.3 Å². The first-order valence-corrected chi connectivity index (χ1v) is 8.99. The van der Waals surface area contributed by atoms with Crippen molar-refractivity contribution in [2.45, 2.75) is 6.04 Å². The summed E-state index contributed by atoms with van der Waals surface area (Å²) in [7, 11) is 5.68. The normalized spacial score (nSPS) is 12.0. The van der Waals surface area contributed by atoms with E-state index >= 15 is 0 Å². The van der Waals surface area contributed by atoms with E-state index in [1.54, 1.807) is 7.11 Å². The molecular formula is C19H20N4O2S. The average Bonchev–Trinajstić information content (AvgIpc) is 3.31. The van der Waals surface area contributed by atoms with E-state index in [2.05, 4.69) is 21.3 Å². The summed E-state index contributed by atoms with van der Waals surface area (Å²) in [4.78, 5) is 7.29. The van der Waals surface area contributed by atoms with Gasteiger partial charge >= 0.3 is 0 Å². The molecule has 0 spiro atoms. The molecule has 0 aliphatic carbocycles. The van der Waals surface area contributed by atoms with E-state index in [0.717, 1.165) is 16.2 Å². The predicted molar refractivity (Wildman–Crippen MR) is 102 cm³/mol. The van der Waals surface area contributed by atoms with Crippen LogP contribution in [0.2, 0.25) is 0 Å². The fourth-order valence-corrected chi connectivity index (χ4v) is 3.28. The van der Waals surface area contributed by atoms with E-state index in [1.165, 1.54) is 11.3 Å². The summed E-state index contributed by atoms with van der Waals surface area (Å²) in [5.74, 6) is 1.68. The maximum Gasteiger partial charge on any atom is 0.240 e. The summed E-state index contributed by atoms with van der Waals surface area (Å²) in [6.45, 7) is 0.576. The standard InChI is InChI=1S/C19H20N4O2S/c1-23(2)16(13-6-8-14(24-3)9-7-13)12-21-18-15(11-20)22-19(25-18)17-5-4-10-26-17/h4-10,16,21H,12H2,1-3H3. The fourth-order valence-electron chi connectivity index (χ4n) is 2.64. The van der Waals surface area contributed by atoms with Gasteiger partial charge in [-0.15, -0.1) is 11.3 Å². The van der Waals surface area contributed by atoms with Crippen molar-refractivity contribution in [3.63, 3.8) is 0 Å². The van der Waals surface area contributed by atoms with Crippen LogP contribution in [0.15, 0.2) is 46.2 Å². The van der Waals surface area contributed by atoms with Crippen molar-refractivity contribution in [1.29, 1.82) is 5.26 Å². The second-order valence-electron chi connectivity index (χ2n) is 5.92. The third kappa shape index (κ3) is 3.87. The Morgan fingerprint density at radius 3 is 2.65 bits per heavy atom. The molecule has 0 aliphatic heterocycles. The van der Waals surface area contributed by atoms with Gasteiger partial charge in [0.25, 0.3) is 0 Å². The lowest BCUT2D eigenvalue weighted by molar-refractivity contribution is 0.310.